The zero-order valence-corrected chi connectivity index (χ0v) is 14.2. The average molecular weight is 338 g/mol. The number of rotatable bonds is 8. The third-order valence-corrected chi connectivity index (χ3v) is 5.73. The van der Waals surface area contributed by atoms with E-state index in [0.717, 1.165) is 15.8 Å². The van der Waals surface area contributed by atoms with Crippen molar-refractivity contribution in [3.63, 3.8) is 0 Å². The van der Waals surface area contributed by atoms with Gasteiger partial charge in [0.2, 0.25) is 10.0 Å². The largest absolute Gasteiger partial charge is 0.388 e. The molecule has 0 aromatic carbocycles. The molecule has 0 radical (unpaired) electrons. The minimum Gasteiger partial charge on any atom is -0.388 e. The number of aromatic nitrogens is 1. The molecule has 0 saturated heterocycles. The SMILES string of the molecule is COCCC(C)(O)CNc1snc(N)c1S(=O)(=O)N(C)C. The van der Waals surface area contributed by atoms with Crippen molar-refractivity contribution >= 4 is 32.4 Å². The van der Waals surface area contributed by atoms with Gasteiger partial charge in [-0.1, -0.05) is 0 Å². The average Bonchev–Trinajstić information content (AvgIpc) is 2.76. The Morgan fingerprint density at radius 3 is 2.67 bits per heavy atom. The first-order chi connectivity index (χ1) is 9.62. The fraction of sp³-hybridized carbons (Fsp3) is 0.727. The van der Waals surface area contributed by atoms with Crippen molar-refractivity contribution in [2.24, 2.45) is 0 Å². The van der Waals surface area contributed by atoms with Crippen LogP contribution >= 0.6 is 11.5 Å². The molecule has 1 aromatic rings. The zero-order chi connectivity index (χ0) is 16.3. The van der Waals surface area contributed by atoms with Crippen molar-refractivity contribution in [1.29, 1.82) is 0 Å². The summed E-state index contributed by atoms with van der Waals surface area (Å²) in [7, 11) is 0.702. The summed E-state index contributed by atoms with van der Waals surface area (Å²) in [5, 5.41) is 13.4. The molecule has 0 saturated carbocycles. The second-order valence-corrected chi connectivity index (χ2v) is 7.97. The molecule has 1 atom stereocenters. The number of ether oxygens (including phenoxy) is 1. The minimum absolute atomic E-state index is 0.0484. The molecule has 0 aliphatic rings. The molecule has 0 bridgehead atoms. The second-order valence-electron chi connectivity index (χ2n) is 5.11. The summed E-state index contributed by atoms with van der Waals surface area (Å²) in [4.78, 5) is -0.0555. The lowest BCUT2D eigenvalue weighted by molar-refractivity contribution is 0.0358. The fourth-order valence-corrected chi connectivity index (χ4v) is 3.59. The first kappa shape index (κ1) is 18.1. The van der Waals surface area contributed by atoms with Gasteiger partial charge in [0.05, 0.1) is 5.60 Å². The van der Waals surface area contributed by atoms with E-state index in [1.807, 2.05) is 0 Å². The van der Waals surface area contributed by atoms with E-state index in [0.29, 0.717) is 18.0 Å². The molecule has 0 aliphatic carbocycles. The normalized spacial score (nSPS) is 15.1. The Kier molecular flexibility index (Phi) is 5.93. The Morgan fingerprint density at radius 2 is 2.14 bits per heavy atom. The van der Waals surface area contributed by atoms with Gasteiger partial charge in [0, 0.05) is 40.8 Å². The van der Waals surface area contributed by atoms with E-state index in [2.05, 4.69) is 9.69 Å². The topological polar surface area (TPSA) is 118 Å². The third kappa shape index (κ3) is 4.51. The lowest BCUT2D eigenvalue weighted by atomic mass is 10.0. The van der Waals surface area contributed by atoms with Crippen LogP contribution in [0.15, 0.2) is 4.90 Å². The molecule has 1 heterocycles. The van der Waals surface area contributed by atoms with Crippen LogP contribution in [-0.2, 0) is 14.8 Å². The molecule has 0 amide bonds. The van der Waals surface area contributed by atoms with Crippen molar-refractivity contribution in [2.45, 2.75) is 23.8 Å². The molecule has 1 rings (SSSR count). The fourth-order valence-electron chi connectivity index (χ4n) is 1.52. The molecule has 21 heavy (non-hydrogen) atoms. The van der Waals surface area contributed by atoms with Crippen LogP contribution in [0.4, 0.5) is 10.8 Å². The quantitative estimate of drug-likeness (QED) is 0.618. The van der Waals surface area contributed by atoms with Crippen LogP contribution in [0.3, 0.4) is 0 Å². The number of nitrogens with one attached hydrogen (secondary N) is 1. The predicted octanol–water partition coefficient (Wildman–Crippen LogP) is 0.175. The van der Waals surface area contributed by atoms with Gasteiger partial charge in [0.25, 0.3) is 0 Å². The van der Waals surface area contributed by atoms with E-state index in [9.17, 15) is 13.5 Å². The number of anilines is 2. The summed E-state index contributed by atoms with van der Waals surface area (Å²) in [6, 6.07) is 0. The summed E-state index contributed by atoms with van der Waals surface area (Å²) in [5.41, 5.74) is 4.62. The summed E-state index contributed by atoms with van der Waals surface area (Å²) < 4.78 is 34.3. The van der Waals surface area contributed by atoms with Crippen LogP contribution in [0, 0.1) is 0 Å². The highest BCUT2D eigenvalue weighted by molar-refractivity contribution is 7.89. The van der Waals surface area contributed by atoms with Crippen molar-refractivity contribution in [1.82, 2.24) is 8.68 Å². The number of sulfonamides is 1. The molecule has 0 fully saturated rings. The highest BCUT2D eigenvalue weighted by atomic mass is 32.2. The standard InChI is InChI=1S/C11H22N4O4S2/c1-11(16,5-6-19-4)7-13-10-8(9(12)14-20-10)21(17,18)15(2)3/h13,16H,5-7H2,1-4H3,(H2,12,14). The summed E-state index contributed by atoms with van der Waals surface area (Å²) >= 11 is 0.951. The van der Waals surface area contributed by atoms with Gasteiger partial charge < -0.3 is 20.9 Å². The van der Waals surface area contributed by atoms with Crippen LogP contribution in [0.1, 0.15) is 13.3 Å². The first-order valence-corrected chi connectivity index (χ1v) is 8.46. The van der Waals surface area contributed by atoms with E-state index < -0.39 is 15.6 Å². The number of aliphatic hydroxyl groups is 1. The maximum absolute atomic E-state index is 12.2. The van der Waals surface area contributed by atoms with Gasteiger partial charge in [-0.3, -0.25) is 0 Å². The van der Waals surface area contributed by atoms with Gasteiger partial charge in [-0.2, -0.15) is 4.37 Å². The Balaban J connectivity index is 2.92. The lowest BCUT2D eigenvalue weighted by Gasteiger charge is -2.23. The molecule has 4 N–H and O–H groups in total. The zero-order valence-electron chi connectivity index (χ0n) is 12.6. The van der Waals surface area contributed by atoms with Gasteiger partial charge in [-0.25, -0.2) is 12.7 Å². The molecule has 122 valence electrons. The number of nitrogens with zero attached hydrogens (tertiary/aromatic N) is 2. The molecule has 1 unspecified atom stereocenters. The van der Waals surface area contributed by atoms with E-state index in [1.165, 1.54) is 14.1 Å². The Hall–Kier alpha value is -0.940. The van der Waals surface area contributed by atoms with E-state index in [1.54, 1.807) is 14.0 Å². The van der Waals surface area contributed by atoms with Crippen molar-refractivity contribution < 1.29 is 18.3 Å². The van der Waals surface area contributed by atoms with E-state index in [4.69, 9.17) is 10.5 Å². The number of methoxy groups -OCH3 is 1. The summed E-state index contributed by atoms with van der Waals surface area (Å²) in [6.07, 6.45) is 0.417. The van der Waals surface area contributed by atoms with Gasteiger partial charge in [-0.05, 0) is 18.5 Å². The monoisotopic (exact) mass is 338 g/mol. The van der Waals surface area contributed by atoms with Crippen molar-refractivity contribution in [2.75, 3.05) is 45.4 Å². The van der Waals surface area contributed by atoms with Crippen LogP contribution in [-0.4, -0.2) is 62.2 Å². The molecule has 1 aromatic heterocycles. The van der Waals surface area contributed by atoms with E-state index in [-0.39, 0.29) is 17.3 Å². The molecule has 0 aliphatic heterocycles. The van der Waals surface area contributed by atoms with Crippen molar-refractivity contribution in [3.8, 4) is 0 Å². The highest BCUT2D eigenvalue weighted by Gasteiger charge is 2.29. The maximum atomic E-state index is 12.2. The van der Waals surface area contributed by atoms with Crippen molar-refractivity contribution in [3.05, 3.63) is 0 Å². The smallest absolute Gasteiger partial charge is 0.249 e. The Labute approximate surface area is 129 Å². The molecular weight excluding hydrogens is 316 g/mol. The highest BCUT2D eigenvalue weighted by Crippen LogP contribution is 2.33. The van der Waals surface area contributed by atoms with Crippen LogP contribution in [0.25, 0.3) is 0 Å². The Morgan fingerprint density at radius 1 is 1.52 bits per heavy atom. The van der Waals surface area contributed by atoms with Crippen LogP contribution in [0.5, 0.6) is 0 Å². The molecule has 8 nitrogen and oxygen atoms in total. The number of hydrogen-bond donors (Lipinski definition) is 3. The predicted molar refractivity (Wildman–Crippen MR) is 83.0 cm³/mol. The van der Waals surface area contributed by atoms with E-state index >= 15 is 0 Å². The van der Waals surface area contributed by atoms with Gasteiger partial charge in [0.1, 0.15) is 5.00 Å². The summed E-state index contributed by atoms with van der Waals surface area (Å²) in [5.74, 6) is -0.0484. The molecule has 10 heteroatoms. The summed E-state index contributed by atoms with van der Waals surface area (Å²) in [6.45, 7) is 2.21. The van der Waals surface area contributed by atoms with Crippen LogP contribution < -0.4 is 11.1 Å². The molecule has 0 spiro atoms. The first-order valence-electron chi connectivity index (χ1n) is 6.24. The Bertz CT molecular complexity index is 569. The van der Waals surface area contributed by atoms with Gasteiger partial charge in [-0.15, -0.1) is 0 Å². The molecular formula is C11H22N4O4S2. The minimum atomic E-state index is -3.69. The maximum Gasteiger partial charge on any atom is 0.249 e. The number of nitrogens with two attached hydrogens (primary N) is 1. The number of hydrogen-bond acceptors (Lipinski definition) is 8. The third-order valence-electron chi connectivity index (χ3n) is 2.89. The second kappa shape index (κ2) is 6.88. The van der Waals surface area contributed by atoms with Crippen LogP contribution in [0.2, 0.25) is 0 Å². The van der Waals surface area contributed by atoms with Gasteiger partial charge in [0.15, 0.2) is 10.7 Å². The lowest BCUT2D eigenvalue weighted by Crippen LogP contribution is -2.35. The number of nitrogen functional groups attached to an aromatic ring is 1. The van der Waals surface area contributed by atoms with Gasteiger partial charge >= 0.3 is 0 Å².